The first-order chi connectivity index (χ1) is 13.5. The highest BCUT2D eigenvalue weighted by atomic mass is 16.3. The van der Waals surface area contributed by atoms with E-state index in [1.54, 1.807) is 12.4 Å². The summed E-state index contributed by atoms with van der Waals surface area (Å²) in [5.74, 6) is 0. The second-order valence-corrected chi connectivity index (χ2v) is 8.34. The molecule has 0 saturated carbocycles. The van der Waals surface area contributed by atoms with Gasteiger partial charge in [-0.05, 0) is 38.4 Å². The van der Waals surface area contributed by atoms with E-state index in [1.165, 1.54) is 0 Å². The standard InChI is InChI=1S/C21H28N4O3/c1-24-11-20(13-26)17(15-7-3-5-9-22-15)25(2)18(16-8-4-6-10-23-16)21(12-24,14-27)19(20)28/h3-10,17-19,26-28H,11-14H2,1-2H3/t17-,18+,19?,20?,21?. The molecule has 4 rings (SSSR count). The van der Waals surface area contributed by atoms with Crippen LogP contribution in [0.1, 0.15) is 23.5 Å². The van der Waals surface area contributed by atoms with Crippen molar-refractivity contribution >= 4 is 0 Å². The molecule has 2 aliphatic rings. The molecule has 7 heteroatoms. The summed E-state index contributed by atoms with van der Waals surface area (Å²) >= 11 is 0. The van der Waals surface area contributed by atoms with Gasteiger partial charge < -0.3 is 20.2 Å². The second kappa shape index (κ2) is 7.17. The van der Waals surface area contributed by atoms with Gasteiger partial charge in [-0.15, -0.1) is 0 Å². The SMILES string of the molecule is CN1CC2(CO)C(O)C(CO)(C1)[C@@H](c1ccccn1)N(C)[C@H]2c1ccccn1. The Hall–Kier alpha value is -1.90. The Morgan fingerprint density at radius 1 is 0.893 bits per heavy atom. The molecule has 28 heavy (non-hydrogen) atoms. The molecule has 7 nitrogen and oxygen atoms in total. The number of hydrogen-bond donors (Lipinski definition) is 3. The predicted octanol–water partition coefficient (Wildman–Crippen LogP) is 0.468. The molecule has 0 spiro atoms. The van der Waals surface area contributed by atoms with E-state index in [2.05, 4.69) is 19.8 Å². The first-order valence-electron chi connectivity index (χ1n) is 9.62. The van der Waals surface area contributed by atoms with Crippen LogP contribution in [-0.4, -0.2) is 81.6 Å². The van der Waals surface area contributed by atoms with Gasteiger partial charge in [-0.1, -0.05) is 12.1 Å². The number of aliphatic hydroxyl groups excluding tert-OH is 3. The summed E-state index contributed by atoms with van der Waals surface area (Å²) < 4.78 is 0. The number of hydrogen-bond acceptors (Lipinski definition) is 7. The van der Waals surface area contributed by atoms with Gasteiger partial charge in [-0.2, -0.15) is 0 Å². The van der Waals surface area contributed by atoms with Crippen LogP contribution in [0.3, 0.4) is 0 Å². The van der Waals surface area contributed by atoms with E-state index in [9.17, 15) is 15.3 Å². The predicted molar refractivity (Wildman–Crippen MR) is 104 cm³/mol. The smallest absolute Gasteiger partial charge is 0.0759 e. The Bertz CT molecular complexity index is 742. The van der Waals surface area contributed by atoms with Crippen molar-refractivity contribution in [2.45, 2.75) is 18.2 Å². The lowest BCUT2D eigenvalue weighted by Gasteiger charge is -2.66. The van der Waals surface area contributed by atoms with Crippen molar-refractivity contribution in [3.63, 3.8) is 0 Å². The Morgan fingerprint density at radius 3 is 1.71 bits per heavy atom. The van der Waals surface area contributed by atoms with Crippen LogP contribution in [-0.2, 0) is 0 Å². The zero-order valence-corrected chi connectivity index (χ0v) is 16.3. The maximum Gasteiger partial charge on any atom is 0.0759 e. The van der Waals surface area contributed by atoms with Crippen LogP contribution in [0, 0.1) is 10.8 Å². The average Bonchev–Trinajstić information content (AvgIpc) is 2.72. The summed E-state index contributed by atoms with van der Waals surface area (Å²) in [4.78, 5) is 13.4. The van der Waals surface area contributed by atoms with Gasteiger partial charge in [0.05, 0.1) is 53.6 Å². The van der Waals surface area contributed by atoms with Crippen LogP contribution in [0.15, 0.2) is 48.8 Å². The van der Waals surface area contributed by atoms with E-state index >= 15 is 0 Å². The molecule has 2 aliphatic heterocycles. The molecule has 2 aromatic rings. The summed E-state index contributed by atoms with van der Waals surface area (Å²) in [6.07, 6.45) is 2.55. The fourth-order valence-electron chi connectivity index (χ4n) is 5.77. The third kappa shape index (κ3) is 2.62. The molecular weight excluding hydrogens is 356 g/mol. The maximum absolute atomic E-state index is 11.7. The van der Waals surface area contributed by atoms with Crippen molar-refractivity contribution in [1.29, 1.82) is 0 Å². The van der Waals surface area contributed by atoms with Crippen molar-refractivity contribution in [3.05, 3.63) is 60.2 Å². The Balaban J connectivity index is 1.96. The number of likely N-dealkylation sites (tertiary alicyclic amines) is 2. The first-order valence-corrected chi connectivity index (χ1v) is 9.62. The zero-order chi connectivity index (χ0) is 19.9. The fraction of sp³-hybridized carbons (Fsp3) is 0.524. The molecule has 2 fully saturated rings. The molecule has 3 unspecified atom stereocenters. The molecule has 0 amide bonds. The number of nitrogens with zero attached hydrogens (tertiary/aromatic N) is 4. The van der Waals surface area contributed by atoms with Crippen molar-refractivity contribution in [2.24, 2.45) is 10.8 Å². The lowest BCUT2D eigenvalue weighted by molar-refractivity contribution is -0.257. The van der Waals surface area contributed by atoms with Crippen LogP contribution in [0.25, 0.3) is 0 Å². The van der Waals surface area contributed by atoms with E-state index < -0.39 is 16.9 Å². The lowest BCUT2D eigenvalue weighted by Crippen LogP contribution is -2.74. The van der Waals surface area contributed by atoms with Gasteiger partial charge in [0, 0.05) is 25.5 Å². The largest absolute Gasteiger partial charge is 0.396 e. The quantitative estimate of drug-likeness (QED) is 0.706. The van der Waals surface area contributed by atoms with Gasteiger partial charge in [-0.25, -0.2) is 0 Å². The highest BCUT2D eigenvalue weighted by Gasteiger charge is 2.67. The number of aromatic nitrogens is 2. The van der Waals surface area contributed by atoms with Crippen molar-refractivity contribution in [1.82, 2.24) is 19.8 Å². The molecule has 0 aliphatic carbocycles. The Morgan fingerprint density at radius 2 is 1.36 bits per heavy atom. The Labute approximate surface area is 165 Å². The minimum absolute atomic E-state index is 0.208. The van der Waals surface area contributed by atoms with Gasteiger partial charge in [0.1, 0.15) is 0 Å². The number of rotatable bonds is 4. The highest BCUT2D eigenvalue weighted by molar-refractivity contribution is 5.28. The van der Waals surface area contributed by atoms with Crippen molar-refractivity contribution in [2.75, 3.05) is 40.4 Å². The van der Waals surface area contributed by atoms with Gasteiger partial charge in [-0.3, -0.25) is 14.9 Å². The minimum atomic E-state index is -0.915. The maximum atomic E-state index is 11.7. The van der Waals surface area contributed by atoms with Crippen LogP contribution in [0.5, 0.6) is 0 Å². The summed E-state index contributed by atoms with van der Waals surface area (Å²) in [7, 11) is 3.95. The third-order valence-electron chi connectivity index (χ3n) is 6.65. The number of piperidine rings is 2. The third-order valence-corrected chi connectivity index (χ3v) is 6.65. The zero-order valence-electron chi connectivity index (χ0n) is 16.3. The summed E-state index contributed by atoms with van der Waals surface area (Å²) in [6, 6.07) is 10.8. The Kier molecular flexibility index (Phi) is 4.97. The van der Waals surface area contributed by atoms with E-state index in [0.717, 1.165) is 11.4 Å². The highest BCUT2D eigenvalue weighted by Crippen LogP contribution is 2.60. The molecule has 2 bridgehead atoms. The van der Waals surface area contributed by atoms with Gasteiger partial charge in [0.25, 0.3) is 0 Å². The number of pyridine rings is 2. The lowest BCUT2D eigenvalue weighted by atomic mass is 9.54. The molecule has 3 N–H and O–H groups in total. The average molecular weight is 384 g/mol. The minimum Gasteiger partial charge on any atom is -0.396 e. The van der Waals surface area contributed by atoms with Crippen LogP contribution >= 0.6 is 0 Å². The first kappa shape index (κ1) is 19.4. The molecule has 5 atom stereocenters. The molecular formula is C21H28N4O3. The van der Waals surface area contributed by atoms with Crippen molar-refractivity contribution in [3.8, 4) is 0 Å². The summed E-state index contributed by atoms with van der Waals surface area (Å²) in [6.45, 7) is 0.599. The van der Waals surface area contributed by atoms with Crippen LogP contribution in [0.2, 0.25) is 0 Å². The van der Waals surface area contributed by atoms with Gasteiger partial charge in [0.15, 0.2) is 0 Å². The summed E-state index contributed by atoms with van der Waals surface area (Å²) in [5, 5.41) is 32.8. The molecule has 150 valence electrons. The normalized spacial score (nSPS) is 36.4. The van der Waals surface area contributed by atoms with E-state index in [-0.39, 0.29) is 25.3 Å². The number of fused-ring (bicyclic) bond motifs is 2. The molecule has 4 heterocycles. The number of aliphatic hydroxyl groups is 3. The fourth-order valence-corrected chi connectivity index (χ4v) is 5.77. The monoisotopic (exact) mass is 384 g/mol. The van der Waals surface area contributed by atoms with Gasteiger partial charge in [0.2, 0.25) is 0 Å². The topological polar surface area (TPSA) is 93.0 Å². The van der Waals surface area contributed by atoms with E-state index in [4.69, 9.17) is 0 Å². The second-order valence-electron chi connectivity index (χ2n) is 8.34. The van der Waals surface area contributed by atoms with Crippen LogP contribution < -0.4 is 0 Å². The van der Waals surface area contributed by atoms with Crippen molar-refractivity contribution < 1.29 is 15.3 Å². The van der Waals surface area contributed by atoms with E-state index in [1.807, 2.05) is 50.5 Å². The van der Waals surface area contributed by atoms with Crippen LogP contribution in [0.4, 0.5) is 0 Å². The molecule has 0 aromatic carbocycles. The van der Waals surface area contributed by atoms with E-state index in [0.29, 0.717) is 13.1 Å². The summed E-state index contributed by atoms with van der Waals surface area (Å²) in [5.41, 5.74) is -0.157. The van der Waals surface area contributed by atoms with Gasteiger partial charge >= 0.3 is 0 Å². The molecule has 2 saturated heterocycles. The molecule has 0 radical (unpaired) electrons. The molecule has 2 aromatic heterocycles.